The van der Waals surface area contributed by atoms with Crippen LogP contribution in [0.25, 0.3) is 0 Å². The van der Waals surface area contributed by atoms with Crippen LogP contribution in [0, 0.1) is 11.8 Å². The molecule has 2 nitrogen and oxygen atoms in total. The molecule has 0 fully saturated rings. The second kappa shape index (κ2) is 5.60. The van der Waals surface area contributed by atoms with Gasteiger partial charge in [0.15, 0.2) is 0 Å². The van der Waals surface area contributed by atoms with Crippen LogP contribution in [0.2, 0.25) is 0 Å². The van der Waals surface area contributed by atoms with Crippen LogP contribution in [0.5, 0.6) is 5.75 Å². The van der Waals surface area contributed by atoms with Crippen LogP contribution >= 0.6 is 0 Å². The van der Waals surface area contributed by atoms with Crippen LogP contribution in [-0.4, -0.2) is 12.4 Å². The molecule has 1 aromatic carbocycles. The molecule has 0 aromatic heterocycles. The van der Waals surface area contributed by atoms with E-state index < -0.39 is 6.36 Å². The molecule has 1 unspecified atom stereocenters. The third-order valence-electron chi connectivity index (χ3n) is 1.93. The van der Waals surface area contributed by atoms with Crippen LogP contribution in [0.1, 0.15) is 18.9 Å². The van der Waals surface area contributed by atoms with E-state index in [9.17, 15) is 13.2 Å². The summed E-state index contributed by atoms with van der Waals surface area (Å²) in [7, 11) is 0. The predicted octanol–water partition coefficient (Wildman–Crippen LogP) is 2.67. The molecule has 1 rings (SSSR count). The van der Waals surface area contributed by atoms with Crippen molar-refractivity contribution in [3.63, 3.8) is 0 Å². The van der Waals surface area contributed by atoms with E-state index in [0.717, 1.165) is 6.42 Å². The molecule has 0 spiro atoms. The highest BCUT2D eigenvalue weighted by Crippen LogP contribution is 2.22. The molecular weight excluding hydrogens is 231 g/mol. The Morgan fingerprint density at radius 3 is 2.35 bits per heavy atom. The number of nitrogens with two attached hydrogens (primary N) is 1. The molecule has 1 atom stereocenters. The van der Waals surface area contributed by atoms with Crippen LogP contribution < -0.4 is 10.5 Å². The van der Waals surface area contributed by atoms with Gasteiger partial charge in [-0.05, 0) is 30.7 Å². The van der Waals surface area contributed by atoms with E-state index >= 15 is 0 Å². The first-order valence-electron chi connectivity index (χ1n) is 5.03. The monoisotopic (exact) mass is 243 g/mol. The molecule has 92 valence electrons. The third-order valence-corrected chi connectivity index (χ3v) is 1.93. The van der Waals surface area contributed by atoms with E-state index in [2.05, 4.69) is 16.6 Å². The Morgan fingerprint density at radius 2 is 1.88 bits per heavy atom. The number of hydrogen-bond donors (Lipinski definition) is 1. The lowest BCUT2D eigenvalue weighted by Gasteiger charge is -2.08. The number of ether oxygens (including phenoxy) is 1. The Balaban J connectivity index is 2.71. The fraction of sp³-hybridized carbons (Fsp3) is 0.333. The molecule has 0 aliphatic rings. The van der Waals surface area contributed by atoms with Crippen molar-refractivity contribution in [1.82, 2.24) is 0 Å². The molecule has 0 bridgehead atoms. The van der Waals surface area contributed by atoms with Crippen LogP contribution in [0.3, 0.4) is 0 Å². The van der Waals surface area contributed by atoms with Gasteiger partial charge in [-0.15, -0.1) is 13.2 Å². The van der Waals surface area contributed by atoms with E-state index in [-0.39, 0.29) is 11.8 Å². The van der Waals surface area contributed by atoms with E-state index in [1.54, 1.807) is 0 Å². The van der Waals surface area contributed by atoms with E-state index in [4.69, 9.17) is 5.73 Å². The highest BCUT2D eigenvalue weighted by Gasteiger charge is 2.30. The molecule has 0 aliphatic carbocycles. The molecule has 0 heterocycles. The molecule has 0 saturated carbocycles. The maximum absolute atomic E-state index is 11.9. The minimum atomic E-state index is -4.67. The SMILES string of the molecule is CCC(N)C#Cc1ccc(OC(F)(F)F)cc1. The fourth-order valence-corrected chi connectivity index (χ4v) is 1.02. The highest BCUT2D eigenvalue weighted by molar-refractivity contribution is 5.38. The first kappa shape index (κ1) is 13.4. The summed E-state index contributed by atoms with van der Waals surface area (Å²) in [5.41, 5.74) is 6.19. The molecule has 17 heavy (non-hydrogen) atoms. The molecule has 5 heteroatoms. The summed E-state index contributed by atoms with van der Waals surface area (Å²) >= 11 is 0. The third kappa shape index (κ3) is 5.27. The van der Waals surface area contributed by atoms with Gasteiger partial charge in [-0.3, -0.25) is 0 Å². The number of rotatable bonds is 2. The molecule has 0 aliphatic heterocycles. The van der Waals surface area contributed by atoms with Crippen LogP contribution in [0.4, 0.5) is 13.2 Å². The summed E-state index contributed by atoms with van der Waals surface area (Å²) in [6.45, 7) is 1.90. The van der Waals surface area contributed by atoms with Crippen LogP contribution in [0.15, 0.2) is 24.3 Å². The van der Waals surface area contributed by atoms with Gasteiger partial charge in [-0.2, -0.15) is 0 Å². The number of hydrogen-bond acceptors (Lipinski definition) is 2. The number of benzene rings is 1. The van der Waals surface area contributed by atoms with Crippen molar-refractivity contribution in [3.8, 4) is 17.6 Å². The first-order valence-corrected chi connectivity index (χ1v) is 5.03. The van der Waals surface area contributed by atoms with E-state index in [0.29, 0.717) is 5.56 Å². The molecular formula is C12H12F3NO. The van der Waals surface area contributed by atoms with Gasteiger partial charge in [0.05, 0.1) is 6.04 Å². The van der Waals surface area contributed by atoms with E-state index in [1.165, 1.54) is 24.3 Å². The average Bonchev–Trinajstić information content (AvgIpc) is 2.25. The summed E-state index contributed by atoms with van der Waals surface area (Å²) < 4.78 is 39.4. The summed E-state index contributed by atoms with van der Waals surface area (Å²) in [5, 5.41) is 0. The van der Waals surface area contributed by atoms with Gasteiger partial charge in [0, 0.05) is 5.56 Å². The highest BCUT2D eigenvalue weighted by atomic mass is 19.4. The second-order valence-corrected chi connectivity index (χ2v) is 3.36. The Kier molecular flexibility index (Phi) is 4.41. The van der Waals surface area contributed by atoms with E-state index in [1.807, 2.05) is 6.92 Å². The molecule has 0 saturated heterocycles. The molecule has 0 radical (unpaired) electrons. The van der Waals surface area contributed by atoms with Crippen molar-refractivity contribution in [2.45, 2.75) is 25.7 Å². The normalized spacial score (nSPS) is 12.5. The second-order valence-electron chi connectivity index (χ2n) is 3.36. The van der Waals surface area contributed by atoms with Crippen molar-refractivity contribution < 1.29 is 17.9 Å². The van der Waals surface area contributed by atoms with Gasteiger partial charge in [0.2, 0.25) is 0 Å². The van der Waals surface area contributed by atoms with Gasteiger partial charge in [0.1, 0.15) is 5.75 Å². The van der Waals surface area contributed by atoms with Gasteiger partial charge >= 0.3 is 6.36 Å². The fourth-order valence-electron chi connectivity index (χ4n) is 1.02. The van der Waals surface area contributed by atoms with Crippen molar-refractivity contribution in [2.24, 2.45) is 5.73 Å². The quantitative estimate of drug-likeness (QED) is 0.810. The molecule has 1 aromatic rings. The summed E-state index contributed by atoms with van der Waals surface area (Å²) in [5.74, 6) is 5.29. The lowest BCUT2D eigenvalue weighted by Crippen LogP contribution is -2.17. The zero-order chi connectivity index (χ0) is 12.9. The van der Waals surface area contributed by atoms with Crippen molar-refractivity contribution in [3.05, 3.63) is 29.8 Å². The zero-order valence-electron chi connectivity index (χ0n) is 9.21. The Hall–Kier alpha value is -1.67. The molecule has 0 amide bonds. The molecule has 2 N–H and O–H groups in total. The van der Waals surface area contributed by atoms with Gasteiger partial charge in [0.25, 0.3) is 0 Å². The van der Waals surface area contributed by atoms with Crippen molar-refractivity contribution >= 4 is 0 Å². The minimum Gasteiger partial charge on any atom is -0.406 e. The first-order chi connectivity index (χ1) is 7.90. The van der Waals surface area contributed by atoms with Crippen LogP contribution in [-0.2, 0) is 0 Å². The van der Waals surface area contributed by atoms with Gasteiger partial charge < -0.3 is 10.5 Å². The predicted molar refractivity (Wildman–Crippen MR) is 58.3 cm³/mol. The topological polar surface area (TPSA) is 35.2 Å². The standard InChI is InChI=1S/C12H12F3NO/c1-2-10(16)6-3-9-4-7-11(8-5-9)17-12(13,14)15/h4-5,7-8,10H,2,16H2,1H3. The summed E-state index contributed by atoms with van der Waals surface area (Å²) in [4.78, 5) is 0. The largest absolute Gasteiger partial charge is 0.573 e. The summed E-state index contributed by atoms with van der Waals surface area (Å²) in [6.07, 6.45) is -3.94. The minimum absolute atomic E-state index is 0.221. The maximum Gasteiger partial charge on any atom is 0.573 e. The summed E-state index contributed by atoms with van der Waals surface area (Å²) in [6, 6.07) is 5.12. The van der Waals surface area contributed by atoms with Crippen molar-refractivity contribution in [2.75, 3.05) is 0 Å². The smallest absolute Gasteiger partial charge is 0.406 e. The maximum atomic E-state index is 11.9. The Morgan fingerprint density at radius 1 is 1.29 bits per heavy atom. The van der Waals surface area contributed by atoms with Gasteiger partial charge in [-0.25, -0.2) is 0 Å². The number of alkyl halides is 3. The Bertz CT molecular complexity index is 414. The Labute approximate surface area is 97.6 Å². The van der Waals surface area contributed by atoms with Gasteiger partial charge in [-0.1, -0.05) is 18.8 Å². The van der Waals surface area contributed by atoms with Crippen molar-refractivity contribution in [1.29, 1.82) is 0 Å². The zero-order valence-corrected chi connectivity index (χ0v) is 9.21. The average molecular weight is 243 g/mol. The number of halogens is 3. The lowest BCUT2D eigenvalue weighted by atomic mass is 10.2. The lowest BCUT2D eigenvalue weighted by molar-refractivity contribution is -0.274.